The van der Waals surface area contributed by atoms with E-state index in [-0.39, 0.29) is 17.8 Å². The van der Waals surface area contributed by atoms with E-state index in [0.717, 1.165) is 19.3 Å². The van der Waals surface area contributed by atoms with Crippen LogP contribution in [0, 0.1) is 5.92 Å². The maximum Gasteiger partial charge on any atom is 0.308 e. The lowest BCUT2D eigenvalue weighted by Gasteiger charge is -2.16. The van der Waals surface area contributed by atoms with Crippen LogP contribution in [0.2, 0.25) is 0 Å². The van der Waals surface area contributed by atoms with Gasteiger partial charge in [-0.05, 0) is 28.7 Å². The van der Waals surface area contributed by atoms with Crippen molar-refractivity contribution in [2.45, 2.75) is 39.0 Å². The summed E-state index contributed by atoms with van der Waals surface area (Å²) in [5.74, 6) is 0.0758. The molecule has 2 aromatic carbocycles. The van der Waals surface area contributed by atoms with Gasteiger partial charge >= 0.3 is 5.97 Å². The van der Waals surface area contributed by atoms with Gasteiger partial charge in [-0.3, -0.25) is 4.79 Å². The van der Waals surface area contributed by atoms with Crippen molar-refractivity contribution in [3.05, 3.63) is 59.7 Å². The molecular formula is C21H24O2. The first kappa shape index (κ1) is 15.8. The van der Waals surface area contributed by atoms with Crippen molar-refractivity contribution in [2.24, 2.45) is 5.92 Å². The third-order valence-corrected chi connectivity index (χ3v) is 4.75. The Morgan fingerprint density at radius 2 is 1.61 bits per heavy atom. The molecule has 23 heavy (non-hydrogen) atoms. The van der Waals surface area contributed by atoms with Crippen molar-refractivity contribution in [1.82, 2.24) is 0 Å². The molecule has 1 aliphatic carbocycles. The maximum absolute atomic E-state index is 12.2. The fourth-order valence-electron chi connectivity index (χ4n) is 3.38. The van der Waals surface area contributed by atoms with Gasteiger partial charge in [0.2, 0.25) is 0 Å². The Balaban J connectivity index is 1.75. The molecule has 0 aliphatic heterocycles. The Morgan fingerprint density at radius 3 is 2.17 bits per heavy atom. The summed E-state index contributed by atoms with van der Waals surface area (Å²) in [6.07, 6.45) is 3.10. The zero-order chi connectivity index (χ0) is 16.2. The predicted molar refractivity (Wildman–Crippen MR) is 93.4 cm³/mol. The second kappa shape index (κ2) is 6.99. The van der Waals surface area contributed by atoms with Crippen LogP contribution in [0.4, 0.5) is 0 Å². The number of hydrogen-bond donors (Lipinski definition) is 0. The zero-order valence-corrected chi connectivity index (χ0v) is 13.9. The molecule has 0 aromatic heterocycles. The second-order valence-corrected chi connectivity index (χ2v) is 6.40. The molecule has 0 saturated carbocycles. The minimum Gasteiger partial charge on any atom is -0.464 e. The van der Waals surface area contributed by atoms with E-state index in [1.807, 2.05) is 6.92 Å². The molecule has 0 radical (unpaired) electrons. The molecule has 120 valence electrons. The Bertz CT molecular complexity index is 644. The van der Waals surface area contributed by atoms with Gasteiger partial charge in [-0.2, -0.15) is 0 Å². The topological polar surface area (TPSA) is 26.3 Å². The van der Waals surface area contributed by atoms with E-state index in [4.69, 9.17) is 4.74 Å². The summed E-state index contributed by atoms with van der Waals surface area (Å²) < 4.78 is 5.66. The summed E-state index contributed by atoms with van der Waals surface area (Å²) in [5, 5.41) is 0. The fraction of sp³-hybridized carbons (Fsp3) is 0.381. The molecule has 0 amide bonds. The number of hydrogen-bond acceptors (Lipinski definition) is 2. The first-order valence-corrected chi connectivity index (χ1v) is 8.57. The van der Waals surface area contributed by atoms with Crippen molar-refractivity contribution in [2.75, 3.05) is 6.61 Å². The number of rotatable bonds is 6. The van der Waals surface area contributed by atoms with Crippen LogP contribution in [0.1, 0.15) is 50.2 Å². The number of unbranched alkanes of at least 4 members (excludes halogenated alkanes) is 1. The van der Waals surface area contributed by atoms with Crippen LogP contribution in [-0.4, -0.2) is 12.6 Å². The van der Waals surface area contributed by atoms with E-state index in [9.17, 15) is 4.79 Å². The minimum absolute atomic E-state index is 0.0122. The van der Waals surface area contributed by atoms with Gasteiger partial charge in [0.15, 0.2) is 0 Å². The average molecular weight is 308 g/mol. The number of carbonyl (C=O) groups excluding carboxylic acids is 1. The van der Waals surface area contributed by atoms with Crippen LogP contribution in [0.5, 0.6) is 0 Å². The van der Waals surface area contributed by atoms with E-state index >= 15 is 0 Å². The highest BCUT2D eigenvalue weighted by Gasteiger charge is 2.29. The molecular weight excluding hydrogens is 284 g/mol. The van der Waals surface area contributed by atoms with Crippen LogP contribution >= 0.6 is 0 Å². The van der Waals surface area contributed by atoms with E-state index in [1.165, 1.54) is 22.3 Å². The molecule has 1 atom stereocenters. The summed E-state index contributed by atoms with van der Waals surface area (Å²) in [4.78, 5) is 12.2. The lowest BCUT2D eigenvalue weighted by atomic mass is 9.98. The minimum atomic E-state index is -0.0692. The highest BCUT2D eigenvalue weighted by molar-refractivity contribution is 5.79. The average Bonchev–Trinajstić information content (AvgIpc) is 2.91. The van der Waals surface area contributed by atoms with Gasteiger partial charge in [-0.15, -0.1) is 0 Å². The first-order valence-electron chi connectivity index (χ1n) is 8.57. The number of benzene rings is 2. The number of esters is 1. The number of carbonyl (C=O) groups is 1. The van der Waals surface area contributed by atoms with Crippen molar-refractivity contribution in [3.63, 3.8) is 0 Å². The van der Waals surface area contributed by atoms with E-state index in [1.54, 1.807) is 0 Å². The van der Waals surface area contributed by atoms with Gasteiger partial charge < -0.3 is 4.74 Å². The Labute approximate surface area is 138 Å². The second-order valence-electron chi connectivity index (χ2n) is 6.40. The highest BCUT2D eigenvalue weighted by atomic mass is 16.5. The molecule has 0 bridgehead atoms. The van der Waals surface area contributed by atoms with Gasteiger partial charge in [-0.25, -0.2) is 0 Å². The van der Waals surface area contributed by atoms with Crippen molar-refractivity contribution >= 4 is 5.97 Å². The Hall–Kier alpha value is -2.09. The van der Waals surface area contributed by atoms with Crippen LogP contribution < -0.4 is 0 Å². The molecule has 2 aromatic rings. The summed E-state index contributed by atoms with van der Waals surface area (Å²) >= 11 is 0. The van der Waals surface area contributed by atoms with E-state index in [0.29, 0.717) is 6.61 Å². The van der Waals surface area contributed by atoms with Gasteiger partial charge in [0, 0.05) is 5.92 Å². The van der Waals surface area contributed by atoms with Crippen LogP contribution in [0.25, 0.3) is 11.1 Å². The molecule has 0 fully saturated rings. The Morgan fingerprint density at radius 1 is 1.04 bits per heavy atom. The van der Waals surface area contributed by atoms with Gasteiger partial charge in [0.05, 0.1) is 5.92 Å². The summed E-state index contributed by atoms with van der Waals surface area (Å²) in [5.41, 5.74) is 5.07. The summed E-state index contributed by atoms with van der Waals surface area (Å²) in [7, 11) is 0. The molecule has 0 N–H and O–H groups in total. The number of fused-ring (bicyclic) bond motifs is 3. The van der Waals surface area contributed by atoms with Crippen LogP contribution in [0.15, 0.2) is 48.5 Å². The monoisotopic (exact) mass is 308 g/mol. The summed E-state index contributed by atoms with van der Waals surface area (Å²) in [6.45, 7) is 4.54. The fourth-order valence-corrected chi connectivity index (χ4v) is 3.38. The van der Waals surface area contributed by atoms with Gasteiger partial charge in [0.25, 0.3) is 0 Å². The normalized spacial score (nSPS) is 14.2. The molecule has 2 heteroatoms. The van der Waals surface area contributed by atoms with Crippen molar-refractivity contribution < 1.29 is 9.53 Å². The van der Waals surface area contributed by atoms with Gasteiger partial charge in [0.1, 0.15) is 6.61 Å². The first-order chi connectivity index (χ1) is 11.2. The van der Waals surface area contributed by atoms with Gasteiger partial charge in [-0.1, -0.05) is 75.2 Å². The SMILES string of the molecule is CCCCC(C)C(=O)OCC1c2ccccc2-c2ccccc21. The van der Waals surface area contributed by atoms with Crippen LogP contribution in [0.3, 0.4) is 0 Å². The smallest absolute Gasteiger partial charge is 0.308 e. The van der Waals surface area contributed by atoms with E-state index < -0.39 is 0 Å². The molecule has 2 nitrogen and oxygen atoms in total. The standard InChI is InChI=1S/C21H24O2/c1-3-4-9-15(2)21(22)23-14-20-18-12-7-5-10-16(18)17-11-6-8-13-19(17)20/h5-8,10-13,15,20H,3-4,9,14H2,1-2H3. The molecule has 1 aliphatic rings. The van der Waals surface area contributed by atoms with Crippen molar-refractivity contribution in [1.29, 1.82) is 0 Å². The van der Waals surface area contributed by atoms with Crippen molar-refractivity contribution in [3.8, 4) is 11.1 Å². The summed E-state index contributed by atoms with van der Waals surface area (Å²) in [6, 6.07) is 16.9. The zero-order valence-electron chi connectivity index (χ0n) is 13.9. The third-order valence-electron chi connectivity index (χ3n) is 4.75. The quantitative estimate of drug-likeness (QED) is 0.688. The maximum atomic E-state index is 12.2. The lowest BCUT2D eigenvalue weighted by molar-refractivity contribution is -0.148. The predicted octanol–water partition coefficient (Wildman–Crippen LogP) is 5.17. The lowest BCUT2D eigenvalue weighted by Crippen LogP contribution is -2.18. The molecule has 0 heterocycles. The molecule has 3 rings (SSSR count). The molecule has 1 unspecified atom stereocenters. The Kier molecular flexibility index (Phi) is 4.80. The highest BCUT2D eigenvalue weighted by Crippen LogP contribution is 2.44. The molecule has 0 spiro atoms. The molecule has 0 saturated heterocycles. The van der Waals surface area contributed by atoms with E-state index in [2.05, 4.69) is 55.5 Å². The number of ether oxygens (including phenoxy) is 1. The van der Waals surface area contributed by atoms with Crippen LogP contribution in [-0.2, 0) is 9.53 Å². The largest absolute Gasteiger partial charge is 0.464 e. The third kappa shape index (κ3) is 3.17.